The van der Waals surface area contributed by atoms with Gasteiger partial charge in [-0.25, -0.2) is 4.98 Å². The summed E-state index contributed by atoms with van der Waals surface area (Å²) in [7, 11) is 2.04. The zero-order chi connectivity index (χ0) is 14.5. The van der Waals surface area contributed by atoms with Crippen LogP contribution in [-0.4, -0.2) is 53.5 Å². The second kappa shape index (κ2) is 6.78. The van der Waals surface area contributed by atoms with Crippen LogP contribution >= 0.6 is 11.3 Å². The molecule has 1 aromatic heterocycles. The van der Waals surface area contributed by atoms with Crippen LogP contribution in [0.3, 0.4) is 0 Å². The Morgan fingerprint density at radius 3 is 3.00 bits per heavy atom. The lowest BCUT2D eigenvalue weighted by molar-refractivity contribution is -0.136. The Kier molecular flexibility index (Phi) is 5.05. The van der Waals surface area contributed by atoms with Crippen LogP contribution in [0.1, 0.15) is 17.0 Å². The van der Waals surface area contributed by atoms with Gasteiger partial charge in [-0.2, -0.15) is 0 Å². The third-order valence-corrected chi connectivity index (χ3v) is 3.97. The summed E-state index contributed by atoms with van der Waals surface area (Å²) >= 11 is 1.41. The van der Waals surface area contributed by atoms with Gasteiger partial charge in [0, 0.05) is 37.5 Å². The largest absolute Gasteiger partial charge is 0.396 e. The number of fused-ring (bicyclic) bond motifs is 1. The lowest BCUT2D eigenvalue weighted by Gasteiger charge is -2.20. The van der Waals surface area contributed by atoms with Crippen LogP contribution in [0.4, 0.5) is 5.13 Å². The molecule has 3 N–H and O–H groups in total. The van der Waals surface area contributed by atoms with Gasteiger partial charge < -0.3 is 15.3 Å². The summed E-state index contributed by atoms with van der Waals surface area (Å²) in [6.45, 7) is 2.04. The van der Waals surface area contributed by atoms with E-state index in [1.165, 1.54) is 11.3 Å². The highest BCUT2D eigenvalue weighted by molar-refractivity contribution is 7.16. The zero-order valence-electron chi connectivity index (χ0n) is 11.3. The minimum absolute atomic E-state index is 0.0192. The molecule has 1 aliphatic heterocycles. The summed E-state index contributed by atoms with van der Waals surface area (Å²) < 4.78 is 0. The molecule has 2 amide bonds. The van der Waals surface area contributed by atoms with Crippen molar-refractivity contribution >= 4 is 28.3 Å². The van der Waals surface area contributed by atoms with Gasteiger partial charge in [0.1, 0.15) is 0 Å². The van der Waals surface area contributed by atoms with E-state index in [4.69, 9.17) is 5.11 Å². The summed E-state index contributed by atoms with van der Waals surface area (Å²) in [6, 6.07) is 0. The molecule has 0 unspecified atom stereocenters. The minimum Gasteiger partial charge on any atom is -0.396 e. The lowest BCUT2D eigenvalue weighted by Crippen LogP contribution is -2.36. The molecule has 8 heteroatoms. The fourth-order valence-electron chi connectivity index (χ4n) is 1.89. The number of nitrogens with zero attached hydrogens (tertiary/aromatic N) is 2. The first kappa shape index (κ1) is 14.9. The first-order chi connectivity index (χ1) is 9.60. The third-order valence-electron chi connectivity index (χ3n) is 2.97. The molecule has 0 fully saturated rings. The van der Waals surface area contributed by atoms with E-state index in [0.717, 1.165) is 30.1 Å². The predicted octanol–water partition coefficient (Wildman–Crippen LogP) is -0.432. The number of likely N-dealkylation sites (N-methyl/N-ethyl adjacent to an activating group) is 1. The average Bonchev–Trinajstić information content (AvgIpc) is 2.80. The molecule has 0 spiro atoms. The van der Waals surface area contributed by atoms with Crippen molar-refractivity contribution in [2.24, 2.45) is 0 Å². The van der Waals surface area contributed by atoms with E-state index in [1.54, 1.807) is 0 Å². The van der Waals surface area contributed by atoms with Crippen molar-refractivity contribution in [3.8, 4) is 0 Å². The second-order valence-electron chi connectivity index (χ2n) is 4.66. The lowest BCUT2D eigenvalue weighted by atomic mass is 10.2. The number of hydrogen-bond donors (Lipinski definition) is 3. The molecule has 2 rings (SSSR count). The van der Waals surface area contributed by atoms with Crippen molar-refractivity contribution in [3.05, 3.63) is 10.6 Å². The fraction of sp³-hybridized carbons (Fsp3) is 0.583. The molecule has 0 saturated carbocycles. The van der Waals surface area contributed by atoms with Gasteiger partial charge in [0.25, 0.3) is 0 Å². The predicted molar refractivity (Wildman–Crippen MR) is 75.5 cm³/mol. The second-order valence-corrected chi connectivity index (χ2v) is 5.75. The number of carbonyl (C=O) groups excluding carboxylic acids is 2. The number of aliphatic hydroxyl groups is 1. The van der Waals surface area contributed by atoms with Gasteiger partial charge in [0.15, 0.2) is 5.13 Å². The number of aliphatic hydroxyl groups excluding tert-OH is 1. The summed E-state index contributed by atoms with van der Waals surface area (Å²) in [5.41, 5.74) is 1.00. The smallest absolute Gasteiger partial charge is 0.315 e. The van der Waals surface area contributed by atoms with Gasteiger partial charge in [-0.3, -0.25) is 14.9 Å². The number of rotatable bonds is 4. The molecule has 0 saturated heterocycles. The van der Waals surface area contributed by atoms with E-state index in [2.05, 4.69) is 20.5 Å². The van der Waals surface area contributed by atoms with Gasteiger partial charge in [0.2, 0.25) is 0 Å². The fourth-order valence-corrected chi connectivity index (χ4v) is 2.98. The zero-order valence-corrected chi connectivity index (χ0v) is 12.1. The van der Waals surface area contributed by atoms with Crippen molar-refractivity contribution in [1.29, 1.82) is 0 Å². The van der Waals surface area contributed by atoms with E-state index in [-0.39, 0.29) is 13.2 Å². The van der Waals surface area contributed by atoms with Gasteiger partial charge in [-0.15, -0.1) is 11.3 Å². The molecule has 2 heterocycles. The maximum absolute atomic E-state index is 11.7. The Morgan fingerprint density at radius 2 is 2.25 bits per heavy atom. The monoisotopic (exact) mass is 298 g/mol. The molecule has 20 heavy (non-hydrogen) atoms. The topological polar surface area (TPSA) is 94.6 Å². The molecule has 0 aliphatic carbocycles. The number of nitrogens with one attached hydrogen (secondary N) is 2. The summed E-state index contributed by atoms with van der Waals surface area (Å²) in [5.74, 6) is -1.42. The highest BCUT2D eigenvalue weighted by atomic mass is 32.1. The van der Waals surface area contributed by atoms with E-state index in [9.17, 15) is 9.59 Å². The maximum Gasteiger partial charge on any atom is 0.315 e. The van der Waals surface area contributed by atoms with Crippen LogP contribution in [-0.2, 0) is 22.6 Å². The average molecular weight is 298 g/mol. The van der Waals surface area contributed by atoms with Gasteiger partial charge in [-0.1, -0.05) is 0 Å². The normalized spacial score (nSPS) is 14.7. The van der Waals surface area contributed by atoms with E-state index >= 15 is 0 Å². The molecular formula is C12H18N4O3S. The summed E-state index contributed by atoms with van der Waals surface area (Å²) in [4.78, 5) is 30.8. The Bertz CT molecular complexity index is 503. The Balaban J connectivity index is 1.90. The van der Waals surface area contributed by atoms with Gasteiger partial charge in [-0.05, 0) is 13.5 Å². The number of amides is 2. The van der Waals surface area contributed by atoms with Crippen LogP contribution in [0, 0.1) is 0 Å². The quantitative estimate of drug-likeness (QED) is 0.518. The minimum atomic E-state index is -0.720. The number of anilines is 1. The van der Waals surface area contributed by atoms with Crippen molar-refractivity contribution in [1.82, 2.24) is 15.2 Å². The Hall–Kier alpha value is -1.51. The highest BCUT2D eigenvalue weighted by Gasteiger charge is 2.20. The summed E-state index contributed by atoms with van der Waals surface area (Å²) in [5, 5.41) is 14.0. The van der Waals surface area contributed by atoms with E-state index in [1.807, 2.05) is 7.05 Å². The maximum atomic E-state index is 11.7. The Morgan fingerprint density at radius 1 is 1.45 bits per heavy atom. The molecule has 1 aliphatic rings. The molecule has 7 nitrogen and oxygen atoms in total. The Labute approximate surface area is 121 Å². The van der Waals surface area contributed by atoms with Crippen LogP contribution in [0.25, 0.3) is 0 Å². The van der Waals surface area contributed by atoms with Crippen molar-refractivity contribution in [2.75, 3.05) is 32.1 Å². The van der Waals surface area contributed by atoms with Crippen molar-refractivity contribution < 1.29 is 14.7 Å². The number of aromatic nitrogens is 1. The third kappa shape index (κ3) is 3.75. The standard InChI is InChI=1S/C12H18N4O3S/c1-16-5-3-8-9(7-16)20-12(14-8)15-11(19)10(18)13-4-2-6-17/h17H,2-7H2,1H3,(H,13,18)(H,14,15,19). The van der Waals surface area contributed by atoms with Gasteiger partial charge in [0.05, 0.1) is 5.69 Å². The highest BCUT2D eigenvalue weighted by Crippen LogP contribution is 2.27. The van der Waals surface area contributed by atoms with Gasteiger partial charge >= 0.3 is 11.8 Å². The number of thiazole rings is 1. The van der Waals surface area contributed by atoms with Crippen LogP contribution in [0.15, 0.2) is 0 Å². The first-order valence-electron chi connectivity index (χ1n) is 6.47. The molecule has 0 radical (unpaired) electrons. The SMILES string of the molecule is CN1CCc2nc(NC(=O)C(=O)NCCCO)sc2C1. The molecule has 1 aromatic rings. The van der Waals surface area contributed by atoms with Crippen molar-refractivity contribution in [2.45, 2.75) is 19.4 Å². The van der Waals surface area contributed by atoms with Crippen molar-refractivity contribution in [3.63, 3.8) is 0 Å². The number of hydrogen-bond acceptors (Lipinski definition) is 6. The molecule has 0 atom stereocenters. The van der Waals surface area contributed by atoms with Crippen LogP contribution in [0.5, 0.6) is 0 Å². The summed E-state index contributed by atoms with van der Waals surface area (Å²) in [6.07, 6.45) is 1.29. The van der Waals surface area contributed by atoms with Crippen LogP contribution < -0.4 is 10.6 Å². The molecule has 110 valence electrons. The number of carbonyl (C=O) groups is 2. The first-order valence-corrected chi connectivity index (χ1v) is 7.29. The molecular weight excluding hydrogens is 280 g/mol. The van der Waals surface area contributed by atoms with E-state index < -0.39 is 11.8 Å². The van der Waals surface area contributed by atoms with Crippen LogP contribution in [0.2, 0.25) is 0 Å². The molecule has 0 bridgehead atoms. The molecule has 0 aromatic carbocycles. The van der Waals surface area contributed by atoms with E-state index in [0.29, 0.717) is 11.6 Å².